The number of carbonyl (C=O) groups is 2. The van der Waals surface area contributed by atoms with Crippen LogP contribution in [0.1, 0.15) is 53.4 Å². The summed E-state index contributed by atoms with van der Waals surface area (Å²) in [4.78, 5) is 43.5. The van der Waals surface area contributed by atoms with Crippen LogP contribution in [0.3, 0.4) is 0 Å². The van der Waals surface area contributed by atoms with Gasteiger partial charge in [0.25, 0.3) is 5.91 Å². The number of carbonyl (C=O) groups excluding carboxylic acids is 2. The molecule has 3 atom stereocenters. The molecule has 2 aliphatic rings. The Bertz CT molecular complexity index is 1200. The molecular formula is C26H31N7O3. The monoisotopic (exact) mass is 489 g/mol. The predicted octanol–water partition coefficient (Wildman–Crippen LogP) is 2.64. The van der Waals surface area contributed by atoms with E-state index in [1.54, 1.807) is 25.4 Å². The van der Waals surface area contributed by atoms with Gasteiger partial charge in [0.15, 0.2) is 0 Å². The lowest BCUT2D eigenvalue weighted by Crippen LogP contribution is -2.49. The number of piperidine rings is 1. The number of likely N-dealkylation sites (N-methyl/N-ethyl adjacent to an activating group) is 1. The van der Waals surface area contributed by atoms with Crippen molar-refractivity contribution >= 4 is 11.8 Å². The van der Waals surface area contributed by atoms with Crippen molar-refractivity contribution in [1.29, 1.82) is 0 Å². The molecule has 5 rings (SSSR count). The molecule has 10 heteroatoms. The van der Waals surface area contributed by atoms with E-state index in [1.807, 2.05) is 30.3 Å². The largest absolute Gasteiger partial charge is 0.360 e. The fourth-order valence-electron chi connectivity index (χ4n) is 5.46. The Morgan fingerprint density at radius 1 is 1.14 bits per heavy atom. The minimum absolute atomic E-state index is 0.0543. The van der Waals surface area contributed by atoms with E-state index in [4.69, 9.17) is 4.52 Å². The van der Waals surface area contributed by atoms with E-state index >= 15 is 0 Å². The van der Waals surface area contributed by atoms with Crippen LogP contribution in [0.5, 0.6) is 0 Å². The van der Waals surface area contributed by atoms with Crippen LogP contribution in [0.25, 0.3) is 11.4 Å². The molecule has 3 aromatic heterocycles. The second-order valence-electron chi connectivity index (χ2n) is 9.57. The smallest absolute Gasteiger partial charge is 0.257 e. The number of aromatic nitrogens is 4. The highest BCUT2D eigenvalue weighted by Gasteiger charge is 2.41. The van der Waals surface area contributed by atoms with E-state index in [0.717, 1.165) is 37.8 Å². The quantitative estimate of drug-likeness (QED) is 0.562. The molecule has 0 radical (unpaired) electrons. The summed E-state index contributed by atoms with van der Waals surface area (Å²) in [6.45, 7) is 3.72. The summed E-state index contributed by atoms with van der Waals surface area (Å²) in [6.07, 6.45) is 10.4. The first-order valence-corrected chi connectivity index (χ1v) is 12.5. The van der Waals surface area contributed by atoms with Gasteiger partial charge in [-0.1, -0.05) is 17.6 Å². The first kappa shape index (κ1) is 24.1. The van der Waals surface area contributed by atoms with Crippen LogP contribution >= 0.6 is 0 Å². The molecular weight excluding hydrogens is 458 g/mol. The minimum atomic E-state index is -0.274. The number of pyridine rings is 1. The Morgan fingerprint density at radius 2 is 2.03 bits per heavy atom. The lowest BCUT2D eigenvalue weighted by atomic mass is 9.93. The van der Waals surface area contributed by atoms with Gasteiger partial charge in [0.1, 0.15) is 23.3 Å². The van der Waals surface area contributed by atoms with Crippen molar-refractivity contribution in [3.05, 3.63) is 60.0 Å². The number of nitrogens with zero attached hydrogens (tertiary/aromatic N) is 6. The molecule has 10 nitrogen and oxygen atoms in total. The number of aryl methyl sites for hydroxylation is 1. The fraction of sp³-hybridized carbons (Fsp3) is 0.462. The molecule has 0 bridgehead atoms. The SMILES string of the molecule is Cc1onc(-c2ccncn2)c1C(=O)NCC1CCN(C(=O)C2CCCCN2C)C1c1cccnc1. The zero-order valence-electron chi connectivity index (χ0n) is 20.6. The molecule has 36 heavy (non-hydrogen) atoms. The summed E-state index contributed by atoms with van der Waals surface area (Å²) in [7, 11) is 2.03. The lowest BCUT2D eigenvalue weighted by Gasteiger charge is -2.37. The highest BCUT2D eigenvalue weighted by Crippen LogP contribution is 2.38. The summed E-state index contributed by atoms with van der Waals surface area (Å²) in [5.74, 6) is 0.372. The summed E-state index contributed by atoms with van der Waals surface area (Å²) in [6, 6.07) is 5.36. The number of rotatable bonds is 6. The van der Waals surface area contributed by atoms with Gasteiger partial charge >= 0.3 is 0 Å². The molecule has 3 unspecified atom stereocenters. The van der Waals surface area contributed by atoms with Crippen LogP contribution in [0.2, 0.25) is 0 Å². The van der Waals surface area contributed by atoms with Gasteiger partial charge in [0.2, 0.25) is 5.91 Å². The molecule has 1 N–H and O–H groups in total. The molecule has 0 aromatic carbocycles. The van der Waals surface area contributed by atoms with Crippen LogP contribution in [0.4, 0.5) is 0 Å². The topological polar surface area (TPSA) is 117 Å². The predicted molar refractivity (Wildman–Crippen MR) is 132 cm³/mol. The van der Waals surface area contributed by atoms with Gasteiger partial charge in [0, 0.05) is 37.6 Å². The number of amides is 2. The summed E-state index contributed by atoms with van der Waals surface area (Å²) < 4.78 is 5.32. The molecule has 2 fully saturated rings. The number of hydrogen-bond acceptors (Lipinski definition) is 8. The Morgan fingerprint density at radius 3 is 2.78 bits per heavy atom. The Balaban J connectivity index is 1.35. The third kappa shape index (κ3) is 4.73. The van der Waals surface area contributed by atoms with Gasteiger partial charge in [-0.2, -0.15) is 0 Å². The number of hydrogen-bond donors (Lipinski definition) is 1. The van der Waals surface area contributed by atoms with E-state index < -0.39 is 0 Å². The van der Waals surface area contributed by atoms with Crippen molar-refractivity contribution in [1.82, 2.24) is 35.2 Å². The van der Waals surface area contributed by atoms with Gasteiger partial charge < -0.3 is 14.7 Å². The van der Waals surface area contributed by atoms with Gasteiger partial charge in [-0.3, -0.25) is 19.5 Å². The number of nitrogens with one attached hydrogen (secondary N) is 1. The highest BCUT2D eigenvalue weighted by atomic mass is 16.5. The van der Waals surface area contributed by atoms with Gasteiger partial charge in [-0.15, -0.1) is 0 Å². The fourth-order valence-corrected chi connectivity index (χ4v) is 5.46. The normalized spacial score (nSPS) is 22.5. The zero-order valence-corrected chi connectivity index (χ0v) is 20.6. The summed E-state index contributed by atoms with van der Waals surface area (Å²) >= 11 is 0. The van der Waals surface area contributed by atoms with E-state index in [-0.39, 0.29) is 29.8 Å². The molecule has 0 aliphatic carbocycles. The lowest BCUT2D eigenvalue weighted by molar-refractivity contribution is -0.139. The summed E-state index contributed by atoms with van der Waals surface area (Å²) in [5, 5.41) is 7.13. The maximum absolute atomic E-state index is 13.7. The second-order valence-corrected chi connectivity index (χ2v) is 9.57. The molecule has 188 valence electrons. The highest BCUT2D eigenvalue weighted by molar-refractivity contribution is 6.00. The van der Waals surface area contributed by atoms with Crippen molar-refractivity contribution < 1.29 is 14.1 Å². The first-order valence-electron chi connectivity index (χ1n) is 12.5. The van der Waals surface area contributed by atoms with Crippen molar-refractivity contribution in [2.24, 2.45) is 5.92 Å². The average Bonchev–Trinajstić information content (AvgIpc) is 3.52. The van der Waals surface area contributed by atoms with E-state index in [0.29, 0.717) is 35.8 Å². The van der Waals surface area contributed by atoms with Crippen LogP contribution in [0.15, 0.2) is 47.6 Å². The van der Waals surface area contributed by atoms with Gasteiger partial charge in [-0.25, -0.2) is 9.97 Å². The standard InChI is InChI=1S/C26H31N7O3/c1-17-22(23(31-36-17)20-8-11-28-16-30-20)25(34)29-15-19-9-13-33(24(19)18-6-5-10-27-14-18)26(35)21-7-3-4-12-32(21)2/h5-6,8,10-11,14,16,19,21,24H,3-4,7,9,12-13,15H2,1-2H3,(H,29,34). The Hall–Kier alpha value is -3.66. The molecule has 2 aliphatic heterocycles. The molecule has 0 saturated carbocycles. The van der Waals surface area contributed by atoms with E-state index in [2.05, 4.69) is 30.3 Å². The first-order chi connectivity index (χ1) is 17.5. The van der Waals surface area contributed by atoms with Crippen LogP contribution < -0.4 is 5.32 Å². The van der Waals surface area contributed by atoms with E-state index in [1.165, 1.54) is 6.33 Å². The molecule has 3 aromatic rings. The molecule has 5 heterocycles. The minimum Gasteiger partial charge on any atom is -0.360 e. The Labute approximate surface area is 210 Å². The van der Waals surface area contributed by atoms with Crippen LogP contribution in [-0.2, 0) is 4.79 Å². The second kappa shape index (κ2) is 10.5. The van der Waals surface area contributed by atoms with E-state index in [9.17, 15) is 9.59 Å². The maximum atomic E-state index is 13.7. The van der Waals surface area contributed by atoms with Crippen molar-refractivity contribution in [2.45, 2.75) is 44.7 Å². The average molecular weight is 490 g/mol. The van der Waals surface area contributed by atoms with Crippen molar-refractivity contribution in [2.75, 3.05) is 26.7 Å². The third-order valence-corrected chi connectivity index (χ3v) is 7.33. The Kier molecular flexibility index (Phi) is 7.04. The zero-order chi connectivity index (χ0) is 25.1. The molecule has 2 amide bonds. The third-order valence-electron chi connectivity index (χ3n) is 7.33. The van der Waals surface area contributed by atoms with Crippen LogP contribution in [0, 0.1) is 12.8 Å². The summed E-state index contributed by atoms with van der Waals surface area (Å²) in [5.41, 5.74) is 2.26. The molecule has 2 saturated heterocycles. The van der Waals surface area contributed by atoms with Gasteiger partial charge in [0.05, 0.1) is 17.8 Å². The molecule has 0 spiro atoms. The maximum Gasteiger partial charge on any atom is 0.257 e. The van der Waals surface area contributed by atoms with Crippen molar-refractivity contribution in [3.8, 4) is 11.4 Å². The van der Waals surface area contributed by atoms with Gasteiger partial charge in [-0.05, 0) is 57.5 Å². The number of likely N-dealkylation sites (tertiary alicyclic amines) is 2. The van der Waals surface area contributed by atoms with Crippen LogP contribution in [-0.4, -0.2) is 74.4 Å². The van der Waals surface area contributed by atoms with Crippen molar-refractivity contribution in [3.63, 3.8) is 0 Å².